The molecular weight excluding hydrogens is 512 g/mol. The lowest BCUT2D eigenvalue weighted by Gasteiger charge is -2.24. The van der Waals surface area contributed by atoms with E-state index in [1.165, 1.54) is 10.8 Å². The van der Waals surface area contributed by atoms with Crippen molar-refractivity contribution in [2.45, 2.75) is 30.2 Å². The third-order valence-corrected chi connectivity index (χ3v) is 6.77. The van der Waals surface area contributed by atoms with E-state index in [0.29, 0.717) is 5.39 Å². The fourth-order valence-electron chi connectivity index (χ4n) is 4.52. The molecule has 36 heavy (non-hydrogen) atoms. The quantitative estimate of drug-likeness (QED) is 0.209. The van der Waals surface area contributed by atoms with Crippen molar-refractivity contribution < 1.29 is 28.2 Å². The fourth-order valence-corrected chi connectivity index (χ4v) is 4.95. The zero-order valence-electron chi connectivity index (χ0n) is 18.3. The zero-order valence-corrected chi connectivity index (χ0v) is 19.8. The van der Waals surface area contributed by atoms with Gasteiger partial charge in [0.05, 0.1) is 16.5 Å². The van der Waals surface area contributed by atoms with Crippen molar-refractivity contribution in [2.75, 3.05) is 0 Å². The second kappa shape index (κ2) is 8.55. The Morgan fingerprint density at radius 3 is 2.25 bits per heavy atom. The molecule has 1 aliphatic heterocycles. The van der Waals surface area contributed by atoms with Gasteiger partial charge in [-0.25, -0.2) is 19.0 Å². The van der Waals surface area contributed by atoms with E-state index in [2.05, 4.69) is 9.97 Å². The summed E-state index contributed by atoms with van der Waals surface area (Å²) >= 11 is 12.1. The Labute approximate surface area is 213 Å². The van der Waals surface area contributed by atoms with Crippen molar-refractivity contribution >= 4 is 46.2 Å². The maximum atomic E-state index is 16.2. The molecule has 1 aliphatic carbocycles. The molecule has 1 saturated heterocycles. The lowest BCUT2D eigenvalue weighted by atomic mass is 10.1. The van der Waals surface area contributed by atoms with Gasteiger partial charge in [-0.1, -0.05) is 48.0 Å². The third-order valence-electron chi connectivity index (χ3n) is 6.32. The van der Waals surface area contributed by atoms with Gasteiger partial charge in [-0.05, 0) is 41.9 Å². The molecule has 1 unspecified atom stereocenters. The molecule has 2 aromatic carbocycles. The van der Waals surface area contributed by atoms with E-state index in [1.807, 2.05) is 0 Å². The maximum Gasteiger partial charge on any atom is 0.339 e. The van der Waals surface area contributed by atoms with Gasteiger partial charge in [0.2, 0.25) is 10.9 Å². The van der Waals surface area contributed by atoms with E-state index in [-0.39, 0.29) is 27.2 Å². The molecule has 8 nitrogen and oxygen atoms in total. The minimum atomic E-state index is -1.91. The zero-order chi connectivity index (χ0) is 25.0. The highest BCUT2D eigenvalue weighted by Crippen LogP contribution is 2.60. The minimum Gasteiger partial charge on any atom is -0.451 e. The molecule has 3 heterocycles. The average molecular weight is 528 g/mol. The number of carbonyl (C=O) groups is 2. The van der Waals surface area contributed by atoms with Crippen LogP contribution in [0.4, 0.5) is 4.39 Å². The van der Waals surface area contributed by atoms with E-state index in [4.69, 9.17) is 37.4 Å². The number of halogens is 3. The van der Waals surface area contributed by atoms with E-state index in [1.54, 1.807) is 66.7 Å². The van der Waals surface area contributed by atoms with Crippen LogP contribution in [0.1, 0.15) is 26.9 Å². The first-order valence-corrected chi connectivity index (χ1v) is 11.7. The number of hydrogen-bond acceptors (Lipinski definition) is 7. The van der Waals surface area contributed by atoms with E-state index in [9.17, 15) is 9.59 Å². The largest absolute Gasteiger partial charge is 0.451 e. The fraction of sp³-hybridized carbons (Fsp3) is 0.200. The van der Waals surface area contributed by atoms with Crippen molar-refractivity contribution in [2.24, 2.45) is 0 Å². The Morgan fingerprint density at radius 2 is 1.58 bits per heavy atom. The lowest BCUT2D eigenvalue weighted by molar-refractivity contribution is -0.0729. The highest BCUT2D eigenvalue weighted by Gasteiger charge is 2.84. The number of nitrogens with zero attached hydrogens (tertiary/aromatic N) is 3. The summed E-state index contributed by atoms with van der Waals surface area (Å²) < 4.78 is 34.8. The summed E-state index contributed by atoms with van der Waals surface area (Å²) in [6, 6.07) is 18.0. The Balaban J connectivity index is 1.33. The average Bonchev–Trinajstić information content (AvgIpc) is 3.14. The molecule has 0 amide bonds. The molecule has 0 spiro atoms. The Bertz CT molecular complexity index is 1490. The van der Waals surface area contributed by atoms with E-state index in [0.717, 1.165) is 0 Å². The van der Waals surface area contributed by atoms with Crippen LogP contribution in [0.3, 0.4) is 0 Å². The number of carbonyl (C=O) groups excluding carboxylic acids is 2. The van der Waals surface area contributed by atoms with Crippen molar-refractivity contribution in [1.82, 2.24) is 14.5 Å². The molecule has 5 atom stereocenters. The van der Waals surface area contributed by atoms with Crippen LogP contribution >= 0.6 is 23.2 Å². The van der Waals surface area contributed by atoms with E-state index < -0.39 is 42.1 Å². The van der Waals surface area contributed by atoms with Gasteiger partial charge in [-0.3, -0.25) is 0 Å². The van der Waals surface area contributed by atoms with Gasteiger partial charge < -0.3 is 18.8 Å². The SMILES string of the molecule is O=C(OC1[C@H]2O[C@@H](n3ccc4c(Cl)nc(Cl)nc43)[C@@H](F)[C@@]12OC(=O)c1ccccc1)c1ccccc1. The molecule has 0 N–H and O–H groups in total. The second-order valence-corrected chi connectivity index (χ2v) is 9.09. The van der Waals surface area contributed by atoms with Gasteiger partial charge in [0.1, 0.15) is 16.9 Å². The number of esters is 2. The first-order chi connectivity index (χ1) is 17.4. The van der Waals surface area contributed by atoms with Crippen LogP contribution in [0.5, 0.6) is 0 Å². The number of alkyl halides is 1. The Morgan fingerprint density at radius 1 is 0.944 bits per heavy atom. The maximum absolute atomic E-state index is 16.2. The van der Waals surface area contributed by atoms with Crippen molar-refractivity contribution in [1.29, 1.82) is 0 Å². The van der Waals surface area contributed by atoms with Gasteiger partial charge in [-0.15, -0.1) is 0 Å². The van der Waals surface area contributed by atoms with Crippen LogP contribution in [0.25, 0.3) is 11.0 Å². The molecule has 6 rings (SSSR count). The number of rotatable bonds is 5. The van der Waals surface area contributed by atoms with Gasteiger partial charge in [0.25, 0.3) is 0 Å². The Hall–Kier alpha value is -3.53. The molecular formula is C25H16Cl2FN3O5. The number of hydrogen-bond donors (Lipinski definition) is 0. The summed E-state index contributed by atoms with van der Waals surface area (Å²) in [5.41, 5.74) is -1.11. The van der Waals surface area contributed by atoms with Crippen LogP contribution < -0.4 is 0 Å². The molecule has 1 saturated carbocycles. The summed E-state index contributed by atoms with van der Waals surface area (Å²) in [4.78, 5) is 33.7. The molecule has 182 valence electrons. The van der Waals surface area contributed by atoms with Gasteiger partial charge in [0.15, 0.2) is 18.5 Å². The van der Waals surface area contributed by atoms with Crippen LogP contribution in [0, 0.1) is 0 Å². The molecule has 2 aliphatic rings. The van der Waals surface area contributed by atoms with Gasteiger partial charge >= 0.3 is 11.9 Å². The third kappa shape index (κ3) is 3.54. The topological polar surface area (TPSA) is 92.5 Å². The number of benzene rings is 2. The van der Waals surface area contributed by atoms with Crippen molar-refractivity contribution in [3.05, 3.63) is 94.5 Å². The first-order valence-electron chi connectivity index (χ1n) is 10.9. The molecule has 4 aromatic rings. The molecule has 2 fully saturated rings. The Kier molecular flexibility index (Phi) is 5.44. The van der Waals surface area contributed by atoms with Crippen molar-refractivity contribution in [3.63, 3.8) is 0 Å². The molecule has 0 bridgehead atoms. The standard InChI is InChI=1S/C25H16Cl2FN3O5/c26-19-15-11-12-31(20(15)30-24(27)29-19)21-16(28)25(36-23(33)14-9-5-2-6-10-14)17(34-21)18(25)35-22(32)13-7-3-1-4-8-13/h1-12,16-18,21H/t16-,17-,18?,21-,25+/m1/s1. The summed E-state index contributed by atoms with van der Waals surface area (Å²) in [6.45, 7) is 0. The van der Waals surface area contributed by atoms with Gasteiger partial charge in [0, 0.05) is 6.20 Å². The highest BCUT2D eigenvalue weighted by atomic mass is 35.5. The van der Waals surface area contributed by atoms with Crippen LogP contribution in [-0.4, -0.2) is 50.5 Å². The molecule has 2 aromatic heterocycles. The number of aromatic nitrogens is 3. The van der Waals surface area contributed by atoms with E-state index >= 15 is 4.39 Å². The predicted molar refractivity (Wildman–Crippen MR) is 127 cm³/mol. The van der Waals surface area contributed by atoms with Crippen LogP contribution in [0.15, 0.2) is 72.9 Å². The number of ether oxygens (including phenoxy) is 3. The van der Waals surface area contributed by atoms with Gasteiger partial charge in [-0.2, -0.15) is 4.98 Å². The summed E-state index contributed by atoms with van der Waals surface area (Å²) in [6.07, 6.45) is -3.81. The second-order valence-electron chi connectivity index (χ2n) is 8.39. The van der Waals surface area contributed by atoms with Crippen molar-refractivity contribution in [3.8, 4) is 0 Å². The summed E-state index contributed by atoms with van der Waals surface area (Å²) in [7, 11) is 0. The van der Waals surface area contributed by atoms with Crippen LogP contribution in [-0.2, 0) is 14.2 Å². The molecule has 11 heteroatoms. The summed E-state index contributed by atoms with van der Waals surface area (Å²) in [5, 5.41) is 0.424. The predicted octanol–water partition coefficient (Wildman–Crippen LogP) is 4.81. The number of fused-ring (bicyclic) bond motifs is 2. The monoisotopic (exact) mass is 527 g/mol. The smallest absolute Gasteiger partial charge is 0.339 e. The summed E-state index contributed by atoms with van der Waals surface area (Å²) in [5.74, 6) is -1.45. The lowest BCUT2D eigenvalue weighted by Crippen LogP contribution is -2.39. The first kappa shape index (κ1) is 22.9. The highest BCUT2D eigenvalue weighted by molar-refractivity contribution is 6.35. The van der Waals surface area contributed by atoms with Crippen LogP contribution in [0.2, 0.25) is 10.4 Å². The molecule has 0 radical (unpaired) electrons. The minimum absolute atomic E-state index is 0.0993. The normalized spacial score (nSPS) is 26.4.